The third kappa shape index (κ3) is 4.65. The topological polar surface area (TPSA) is 3.24 Å². The zero-order valence-corrected chi connectivity index (χ0v) is 12.5. The first kappa shape index (κ1) is 14.6. The minimum absolute atomic E-state index is 0.672. The Morgan fingerprint density at radius 2 is 1.63 bits per heavy atom. The molecule has 1 saturated heterocycles. The van der Waals surface area contributed by atoms with Gasteiger partial charge in [-0.3, -0.25) is 4.90 Å². The maximum Gasteiger partial charge on any atom is 0.0348 e. The first-order valence-corrected chi connectivity index (χ1v) is 8.21. The third-order valence-corrected chi connectivity index (χ3v) is 4.35. The molecule has 1 aliphatic rings. The highest BCUT2D eigenvalue weighted by Gasteiger charge is 2.22. The highest BCUT2D eigenvalue weighted by atomic mass is 15.2. The van der Waals surface area contributed by atoms with E-state index in [0.717, 1.165) is 0 Å². The van der Waals surface area contributed by atoms with Crippen molar-refractivity contribution in [3.8, 4) is 0 Å². The zero-order valence-electron chi connectivity index (χ0n) is 12.5. The van der Waals surface area contributed by atoms with Gasteiger partial charge in [0.2, 0.25) is 0 Å². The van der Waals surface area contributed by atoms with Crippen molar-refractivity contribution >= 4 is 0 Å². The smallest absolute Gasteiger partial charge is 0.0348 e. The molecule has 19 heavy (non-hydrogen) atoms. The highest BCUT2D eigenvalue weighted by molar-refractivity contribution is 5.19. The Labute approximate surface area is 119 Å². The second-order valence-electron chi connectivity index (χ2n) is 5.87. The Bertz CT molecular complexity index is 327. The molecule has 106 valence electrons. The van der Waals surface area contributed by atoms with Crippen LogP contribution in [0.15, 0.2) is 30.3 Å². The minimum atomic E-state index is 0.672. The van der Waals surface area contributed by atoms with Gasteiger partial charge in [-0.25, -0.2) is 0 Å². The summed E-state index contributed by atoms with van der Waals surface area (Å²) in [7, 11) is 0. The quantitative estimate of drug-likeness (QED) is 0.581. The molecule has 1 aliphatic heterocycles. The summed E-state index contributed by atoms with van der Waals surface area (Å²) in [6.07, 6.45) is 11.1. The Kier molecular flexibility index (Phi) is 6.43. The van der Waals surface area contributed by atoms with Crippen molar-refractivity contribution in [1.29, 1.82) is 0 Å². The Morgan fingerprint density at radius 1 is 0.947 bits per heavy atom. The van der Waals surface area contributed by atoms with Crippen molar-refractivity contribution in [3.05, 3.63) is 35.9 Å². The molecule has 0 spiro atoms. The Hall–Kier alpha value is -0.820. The Morgan fingerprint density at radius 3 is 2.32 bits per heavy atom. The van der Waals surface area contributed by atoms with E-state index in [-0.39, 0.29) is 0 Å². The van der Waals surface area contributed by atoms with E-state index in [1.807, 2.05) is 0 Å². The molecule has 0 aromatic heterocycles. The second-order valence-corrected chi connectivity index (χ2v) is 5.87. The van der Waals surface area contributed by atoms with Crippen LogP contribution in [0.25, 0.3) is 0 Å². The van der Waals surface area contributed by atoms with Crippen LogP contribution in [-0.4, -0.2) is 18.0 Å². The van der Waals surface area contributed by atoms with Gasteiger partial charge in [0.1, 0.15) is 0 Å². The molecule has 2 rings (SSSR count). The molecule has 0 saturated carbocycles. The SMILES string of the molecule is CCCCCCCC(c1ccccc1)N1CCCC1. The van der Waals surface area contributed by atoms with Crippen LogP contribution in [0, 0.1) is 0 Å². The molecule has 1 nitrogen and oxygen atoms in total. The van der Waals surface area contributed by atoms with Gasteiger partial charge < -0.3 is 0 Å². The van der Waals surface area contributed by atoms with Crippen LogP contribution in [0.4, 0.5) is 0 Å². The van der Waals surface area contributed by atoms with Crippen LogP contribution in [0.1, 0.15) is 69.9 Å². The lowest BCUT2D eigenvalue weighted by Gasteiger charge is -2.28. The fourth-order valence-corrected chi connectivity index (χ4v) is 3.23. The molecule has 1 aromatic carbocycles. The summed E-state index contributed by atoms with van der Waals surface area (Å²) >= 11 is 0. The van der Waals surface area contributed by atoms with E-state index in [4.69, 9.17) is 0 Å². The summed E-state index contributed by atoms with van der Waals surface area (Å²) in [6, 6.07) is 11.8. The lowest BCUT2D eigenvalue weighted by atomic mass is 9.98. The molecule has 0 N–H and O–H groups in total. The van der Waals surface area contributed by atoms with Crippen molar-refractivity contribution in [1.82, 2.24) is 4.90 Å². The number of hydrogen-bond acceptors (Lipinski definition) is 1. The van der Waals surface area contributed by atoms with E-state index in [9.17, 15) is 0 Å². The number of nitrogens with zero attached hydrogens (tertiary/aromatic N) is 1. The maximum absolute atomic E-state index is 2.70. The third-order valence-electron chi connectivity index (χ3n) is 4.35. The first-order valence-electron chi connectivity index (χ1n) is 8.21. The molecule has 0 radical (unpaired) electrons. The van der Waals surface area contributed by atoms with Crippen LogP contribution in [0.2, 0.25) is 0 Å². The summed E-state index contributed by atoms with van der Waals surface area (Å²) in [4.78, 5) is 2.70. The van der Waals surface area contributed by atoms with Gasteiger partial charge in [-0.2, -0.15) is 0 Å². The lowest BCUT2D eigenvalue weighted by molar-refractivity contribution is 0.228. The molecule has 1 aromatic rings. The van der Waals surface area contributed by atoms with E-state index in [1.165, 1.54) is 70.0 Å². The van der Waals surface area contributed by atoms with Crippen molar-refractivity contribution in [2.24, 2.45) is 0 Å². The van der Waals surface area contributed by atoms with Gasteiger partial charge in [0, 0.05) is 6.04 Å². The number of hydrogen-bond donors (Lipinski definition) is 0. The molecule has 0 aliphatic carbocycles. The predicted molar refractivity (Wildman–Crippen MR) is 83.4 cm³/mol. The fourth-order valence-electron chi connectivity index (χ4n) is 3.23. The van der Waals surface area contributed by atoms with Crippen LogP contribution in [0.3, 0.4) is 0 Å². The number of rotatable bonds is 8. The summed E-state index contributed by atoms with van der Waals surface area (Å²) in [6.45, 7) is 4.89. The fraction of sp³-hybridized carbons (Fsp3) is 0.667. The summed E-state index contributed by atoms with van der Waals surface area (Å²) in [5.41, 5.74) is 1.53. The van der Waals surface area contributed by atoms with Crippen LogP contribution in [-0.2, 0) is 0 Å². The minimum Gasteiger partial charge on any atom is -0.296 e. The number of likely N-dealkylation sites (tertiary alicyclic amines) is 1. The van der Waals surface area contributed by atoms with Gasteiger partial charge in [-0.05, 0) is 37.9 Å². The van der Waals surface area contributed by atoms with E-state index >= 15 is 0 Å². The van der Waals surface area contributed by atoms with Crippen molar-refractivity contribution in [2.75, 3.05) is 13.1 Å². The van der Waals surface area contributed by atoms with E-state index in [0.29, 0.717) is 6.04 Å². The molecule has 0 bridgehead atoms. The van der Waals surface area contributed by atoms with Crippen LogP contribution in [0.5, 0.6) is 0 Å². The van der Waals surface area contributed by atoms with Gasteiger partial charge >= 0.3 is 0 Å². The van der Waals surface area contributed by atoms with Crippen molar-refractivity contribution < 1.29 is 0 Å². The maximum atomic E-state index is 2.70. The first-order chi connectivity index (χ1) is 9.42. The lowest BCUT2D eigenvalue weighted by Crippen LogP contribution is -2.25. The predicted octanol–water partition coefficient (Wildman–Crippen LogP) is 5.18. The molecule has 1 heteroatoms. The average Bonchev–Trinajstić information content (AvgIpc) is 2.98. The van der Waals surface area contributed by atoms with Crippen LogP contribution >= 0.6 is 0 Å². The van der Waals surface area contributed by atoms with Crippen molar-refractivity contribution in [2.45, 2.75) is 64.3 Å². The molecular formula is C18H29N. The van der Waals surface area contributed by atoms with Gasteiger partial charge in [0.15, 0.2) is 0 Å². The standard InChI is InChI=1S/C18H29N/c1-2-3-4-5-9-14-18(19-15-10-11-16-19)17-12-7-6-8-13-17/h6-8,12-13,18H,2-5,9-11,14-16H2,1H3. The number of unbranched alkanes of at least 4 members (excludes halogenated alkanes) is 4. The highest BCUT2D eigenvalue weighted by Crippen LogP contribution is 2.29. The summed E-state index contributed by atoms with van der Waals surface area (Å²) in [5.74, 6) is 0. The van der Waals surface area contributed by atoms with Crippen molar-refractivity contribution in [3.63, 3.8) is 0 Å². The van der Waals surface area contributed by atoms with E-state index in [2.05, 4.69) is 42.2 Å². The van der Waals surface area contributed by atoms with Gasteiger partial charge in [0.25, 0.3) is 0 Å². The molecular weight excluding hydrogens is 230 g/mol. The second kappa shape index (κ2) is 8.37. The van der Waals surface area contributed by atoms with E-state index in [1.54, 1.807) is 0 Å². The van der Waals surface area contributed by atoms with Gasteiger partial charge in [-0.1, -0.05) is 69.4 Å². The summed E-state index contributed by atoms with van der Waals surface area (Å²) in [5, 5.41) is 0. The average molecular weight is 259 g/mol. The molecule has 0 amide bonds. The normalized spacial score (nSPS) is 17.7. The Balaban J connectivity index is 1.87. The monoisotopic (exact) mass is 259 g/mol. The number of benzene rings is 1. The van der Waals surface area contributed by atoms with Gasteiger partial charge in [-0.15, -0.1) is 0 Å². The molecule has 1 unspecified atom stereocenters. The zero-order chi connectivity index (χ0) is 13.3. The molecule has 1 heterocycles. The largest absolute Gasteiger partial charge is 0.296 e. The van der Waals surface area contributed by atoms with Gasteiger partial charge in [0.05, 0.1) is 0 Å². The van der Waals surface area contributed by atoms with E-state index < -0.39 is 0 Å². The molecule has 1 fully saturated rings. The molecule has 1 atom stereocenters. The van der Waals surface area contributed by atoms with Crippen LogP contribution < -0.4 is 0 Å². The summed E-state index contributed by atoms with van der Waals surface area (Å²) < 4.78 is 0.